The van der Waals surface area contributed by atoms with E-state index in [0.717, 1.165) is 17.1 Å². The van der Waals surface area contributed by atoms with E-state index in [0.29, 0.717) is 17.8 Å². The summed E-state index contributed by atoms with van der Waals surface area (Å²) in [7, 11) is 0. The van der Waals surface area contributed by atoms with E-state index in [2.05, 4.69) is 76.9 Å². The molecule has 0 saturated carbocycles. The highest BCUT2D eigenvalue weighted by Gasteiger charge is 2.19. The molecule has 0 aliphatic rings. The molecule has 140 valence electrons. The van der Waals surface area contributed by atoms with Gasteiger partial charge in [-0.25, -0.2) is 9.97 Å². The molecule has 0 spiro atoms. The highest BCUT2D eigenvalue weighted by Crippen LogP contribution is 2.38. The summed E-state index contributed by atoms with van der Waals surface area (Å²) in [6.07, 6.45) is 1.88. The first-order valence-corrected chi connectivity index (χ1v) is 9.95. The molecule has 2 aromatic carbocycles. The first-order valence-electron chi connectivity index (χ1n) is 9.95. The maximum Gasteiger partial charge on any atom is 0.159 e. The molecule has 0 bridgehead atoms. The lowest BCUT2D eigenvalue weighted by Gasteiger charge is -2.22. The van der Waals surface area contributed by atoms with Gasteiger partial charge in [0.25, 0.3) is 0 Å². The molecule has 2 heteroatoms. The van der Waals surface area contributed by atoms with Crippen LogP contribution in [0.5, 0.6) is 0 Å². The molecule has 0 radical (unpaired) electrons. The molecule has 0 fully saturated rings. The summed E-state index contributed by atoms with van der Waals surface area (Å²) >= 11 is 0. The van der Waals surface area contributed by atoms with Crippen molar-refractivity contribution < 1.29 is 0 Å². The molecule has 27 heavy (non-hydrogen) atoms. The Bertz CT molecular complexity index is 880. The van der Waals surface area contributed by atoms with Gasteiger partial charge in [-0.1, -0.05) is 84.0 Å². The Morgan fingerprint density at radius 3 is 1.81 bits per heavy atom. The Hall–Kier alpha value is -2.48. The lowest BCUT2D eigenvalue weighted by atomic mass is 9.83. The SMILES string of the molecule is CC(C)c1cc(C(C)C)c(-c2ccnc(-c3ccccc3)n2)c(C(C)C)c1. The maximum absolute atomic E-state index is 4.96. The highest BCUT2D eigenvalue weighted by atomic mass is 14.9. The molecule has 0 N–H and O–H groups in total. The smallest absolute Gasteiger partial charge is 0.159 e. The standard InChI is InChI=1S/C25H30N2/c1-16(2)20-14-21(17(3)4)24(22(15-20)18(5)6)23-12-13-26-25(27-23)19-10-8-7-9-11-19/h7-18H,1-6H3. The molecule has 0 unspecified atom stereocenters. The molecule has 0 aliphatic heterocycles. The van der Waals surface area contributed by atoms with Crippen molar-refractivity contribution in [3.63, 3.8) is 0 Å². The van der Waals surface area contributed by atoms with E-state index in [-0.39, 0.29) is 0 Å². The maximum atomic E-state index is 4.96. The second-order valence-electron chi connectivity index (χ2n) is 8.17. The van der Waals surface area contributed by atoms with Crippen molar-refractivity contribution in [2.75, 3.05) is 0 Å². The summed E-state index contributed by atoms with van der Waals surface area (Å²) in [6.45, 7) is 13.6. The summed E-state index contributed by atoms with van der Waals surface area (Å²) in [5, 5.41) is 0. The fraction of sp³-hybridized carbons (Fsp3) is 0.360. The molecular weight excluding hydrogens is 328 g/mol. The van der Waals surface area contributed by atoms with Crippen LogP contribution in [0.1, 0.15) is 76.0 Å². The fourth-order valence-corrected chi connectivity index (χ4v) is 3.48. The number of rotatable bonds is 5. The van der Waals surface area contributed by atoms with Gasteiger partial charge in [0.15, 0.2) is 5.82 Å². The van der Waals surface area contributed by atoms with Crippen LogP contribution in [0, 0.1) is 0 Å². The normalized spacial score (nSPS) is 11.6. The molecule has 1 heterocycles. The Balaban J connectivity index is 2.24. The van der Waals surface area contributed by atoms with Crippen molar-refractivity contribution in [3.05, 3.63) is 71.4 Å². The van der Waals surface area contributed by atoms with E-state index in [1.807, 2.05) is 24.4 Å². The first-order chi connectivity index (χ1) is 12.9. The van der Waals surface area contributed by atoms with Gasteiger partial charge in [-0.3, -0.25) is 0 Å². The summed E-state index contributed by atoms with van der Waals surface area (Å²) in [6, 6.07) is 17.0. The summed E-state index contributed by atoms with van der Waals surface area (Å²) in [5.41, 5.74) is 7.51. The average molecular weight is 359 g/mol. The van der Waals surface area contributed by atoms with Crippen molar-refractivity contribution >= 4 is 0 Å². The first kappa shape index (κ1) is 19.3. The van der Waals surface area contributed by atoms with E-state index in [4.69, 9.17) is 4.98 Å². The number of nitrogens with zero attached hydrogens (tertiary/aromatic N) is 2. The van der Waals surface area contributed by atoms with E-state index in [9.17, 15) is 0 Å². The zero-order valence-corrected chi connectivity index (χ0v) is 17.3. The summed E-state index contributed by atoms with van der Waals surface area (Å²) < 4.78 is 0. The second kappa shape index (κ2) is 8.04. The predicted octanol–water partition coefficient (Wildman–Crippen LogP) is 7.18. The van der Waals surface area contributed by atoms with Gasteiger partial charge in [-0.05, 0) is 40.5 Å². The van der Waals surface area contributed by atoms with Gasteiger partial charge < -0.3 is 0 Å². The van der Waals surface area contributed by atoms with Crippen molar-refractivity contribution in [1.82, 2.24) is 9.97 Å². The topological polar surface area (TPSA) is 25.8 Å². The minimum Gasteiger partial charge on any atom is -0.237 e. The molecule has 0 saturated heterocycles. The minimum atomic E-state index is 0.436. The molecule has 0 aliphatic carbocycles. The van der Waals surface area contributed by atoms with Crippen LogP contribution in [-0.4, -0.2) is 9.97 Å². The Morgan fingerprint density at radius 2 is 1.30 bits per heavy atom. The van der Waals surface area contributed by atoms with Gasteiger partial charge in [-0.2, -0.15) is 0 Å². The van der Waals surface area contributed by atoms with Crippen LogP contribution in [0.4, 0.5) is 0 Å². The molecular formula is C25H30N2. The zero-order valence-electron chi connectivity index (χ0n) is 17.3. The van der Waals surface area contributed by atoms with Crippen LogP contribution in [0.15, 0.2) is 54.7 Å². The van der Waals surface area contributed by atoms with E-state index in [1.165, 1.54) is 22.3 Å². The largest absolute Gasteiger partial charge is 0.237 e. The molecule has 3 rings (SSSR count). The zero-order chi connectivity index (χ0) is 19.6. The number of hydrogen-bond acceptors (Lipinski definition) is 2. The number of benzene rings is 2. The molecule has 3 aromatic rings. The van der Waals surface area contributed by atoms with Gasteiger partial charge in [0, 0.05) is 17.3 Å². The van der Waals surface area contributed by atoms with E-state index < -0.39 is 0 Å². The number of hydrogen-bond donors (Lipinski definition) is 0. The van der Waals surface area contributed by atoms with Gasteiger partial charge in [0.1, 0.15) is 0 Å². The third-order valence-electron chi connectivity index (χ3n) is 5.08. The lowest BCUT2D eigenvalue weighted by molar-refractivity contribution is 0.806. The minimum absolute atomic E-state index is 0.436. The highest BCUT2D eigenvalue weighted by molar-refractivity contribution is 5.72. The molecule has 0 atom stereocenters. The van der Waals surface area contributed by atoms with Crippen molar-refractivity contribution in [1.29, 1.82) is 0 Å². The van der Waals surface area contributed by atoms with Crippen LogP contribution in [0.25, 0.3) is 22.6 Å². The average Bonchev–Trinajstić information content (AvgIpc) is 2.67. The van der Waals surface area contributed by atoms with Crippen LogP contribution in [-0.2, 0) is 0 Å². The van der Waals surface area contributed by atoms with Gasteiger partial charge in [0.05, 0.1) is 5.69 Å². The van der Waals surface area contributed by atoms with Crippen LogP contribution >= 0.6 is 0 Å². The molecule has 1 aromatic heterocycles. The third-order valence-corrected chi connectivity index (χ3v) is 5.08. The fourth-order valence-electron chi connectivity index (χ4n) is 3.48. The Labute approximate surface area is 163 Å². The van der Waals surface area contributed by atoms with E-state index in [1.54, 1.807) is 0 Å². The summed E-state index contributed by atoms with van der Waals surface area (Å²) in [4.78, 5) is 9.48. The summed E-state index contributed by atoms with van der Waals surface area (Å²) in [5.74, 6) is 2.17. The quantitative estimate of drug-likeness (QED) is 0.482. The van der Waals surface area contributed by atoms with Gasteiger partial charge in [-0.15, -0.1) is 0 Å². The van der Waals surface area contributed by atoms with E-state index >= 15 is 0 Å². The monoisotopic (exact) mass is 358 g/mol. The predicted molar refractivity (Wildman–Crippen MR) is 115 cm³/mol. The Kier molecular flexibility index (Phi) is 5.74. The molecule has 2 nitrogen and oxygen atoms in total. The van der Waals surface area contributed by atoms with Crippen LogP contribution < -0.4 is 0 Å². The lowest BCUT2D eigenvalue weighted by Crippen LogP contribution is -2.05. The third kappa shape index (κ3) is 4.10. The molecule has 0 amide bonds. The van der Waals surface area contributed by atoms with Crippen LogP contribution in [0.2, 0.25) is 0 Å². The van der Waals surface area contributed by atoms with Gasteiger partial charge in [0.2, 0.25) is 0 Å². The second-order valence-corrected chi connectivity index (χ2v) is 8.17. The van der Waals surface area contributed by atoms with Crippen molar-refractivity contribution in [2.24, 2.45) is 0 Å². The van der Waals surface area contributed by atoms with Crippen LogP contribution in [0.3, 0.4) is 0 Å². The van der Waals surface area contributed by atoms with Crippen molar-refractivity contribution in [2.45, 2.75) is 59.3 Å². The number of aromatic nitrogens is 2. The van der Waals surface area contributed by atoms with Crippen molar-refractivity contribution in [3.8, 4) is 22.6 Å². The van der Waals surface area contributed by atoms with Gasteiger partial charge >= 0.3 is 0 Å². The Morgan fingerprint density at radius 1 is 0.704 bits per heavy atom.